The van der Waals surface area contributed by atoms with Crippen LogP contribution in [0.15, 0.2) is 22.7 Å². The van der Waals surface area contributed by atoms with Gasteiger partial charge in [0.05, 0.1) is 13.0 Å². The maximum atomic E-state index is 10.6. The van der Waals surface area contributed by atoms with Gasteiger partial charge in [0.2, 0.25) is 0 Å². The van der Waals surface area contributed by atoms with E-state index >= 15 is 0 Å². The van der Waals surface area contributed by atoms with Crippen molar-refractivity contribution in [2.75, 3.05) is 7.11 Å². The Morgan fingerprint density at radius 1 is 1.62 bits per heavy atom. The Labute approximate surface area is 103 Å². The van der Waals surface area contributed by atoms with Gasteiger partial charge in [-0.1, -0.05) is 22.0 Å². The van der Waals surface area contributed by atoms with Gasteiger partial charge in [0.25, 0.3) is 0 Å². The van der Waals surface area contributed by atoms with Crippen molar-refractivity contribution in [3.05, 3.63) is 33.8 Å². The van der Waals surface area contributed by atoms with E-state index in [-0.39, 0.29) is 6.42 Å². The number of carboxylic acids is 1. The first-order chi connectivity index (χ1) is 7.54. The minimum Gasteiger partial charge on any atom is -0.481 e. The van der Waals surface area contributed by atoms with Crippen molar-refractivity contribution < 1.29 is 14.6 Å². The zero-order valence-corrected chi connectivity index (χ0v) is 10.5. The predicted molar refractivity (Wildman–Crippen MR) is 64.0 cm³/mol. The van der Waals surface area contributed by atoms with Crippen LogP contribution in [0.1, 0.15) is 23.6 Å². The van der Waals surface area contributed by atoms with Gasteiger partial charge in [-0.25, -0.2) is 0 Å². The van der Waals surface area contributed by atoms with E-state index in [1.165, 1.54) is 0 Å². The summed E-state index contributed by atoms with van der Waals surface area (Å²) in [6.45, 7) is 0.427. The first-order valence-electron chi connectivity index (χ1n) is 4.79. The van der Waals surface area contributed by atoms with Crippen molar-refractivity contribution in [2.45, 2.75) is 19.1 Å². The van der Waals surface area contributed by atoms with Crippen LogP contribution in [0.3, 0.4) is 0 Å². The van der Waals surface area contributed by atoms with Gasteiger partial charge >= 0.3 is 5.97 Å². The molecule has 0 saturated heterocycles. The highest BCUT2D eigenvalue weighted by molar-refractivity contribution is 9.10. The Kier molecular flexibility index (Phi) is 4.92. The number of aliphatic carboxylic acids is 1. The Hall–Kier alpha value is -0.910. The summed E-state index contributed by atoms with van der Waals surface area (Å²) in [5.74, 6) is -0.907. The fourth-order valence-electron chi connectivity index (χ4n) is 1.50. The third kappa shape index (κ3) is 3.59. The van der Waals surface area contributed by atoms with Crippen LogP contribution in [0.2, 0.25) is 0 Å². The number of hydrogen-bond acceptors (Lipinski definition) is 3. The van der Waals surface area contributed by atoms with Gasteiger partial charge in [-0.3, -0.25) is 4.79 Å². The summed E-state index contributed by atoms with van der Waals surface area (Å²) < 4.78 is 5.92. The molecule has 1 aromatic rings. The molecule has 0 aromatic heterocycles. The van der Waals surface area contributed by atoms with Crippen molar-refractivity contribution >= 4 is 21.9 Å². The lowest BCUT2D eigenvalue weighted by Crippen LogP contribution is -2.17. The van der Waals surface area contributed by atoms with Crippen molar-refractivity contribution in [1.82, 2.24) is 0 Å². The monoisotopic (exact) mass is 287 g/mol. The molecule has 0 heterocycles. The summed E-state index contributed by atoms with van der Waals surface area (Å²) in [4.78, 5) is 10.6. The summed E-state index contributed by atoms with van der Waals surface area (Å²) in [6, 6.07) is 5.08. The maximum absolute atomic E-state index is 10.6. The third-order valence-corrected chi connectivity index (χ3v) is 2.70. The number of methoxy groups -OCH3 is 1. The topological polar surface area (TPSA) is 72.5 Å². The number of rotatable bonds is 5. The molecule has 1 rings (SSSR count). The van der Waals surface area contributed by atoms with Crippen LogP contribution in [0.4, 0.5) is 0 Å². The van der Waals surface area contributed by atoms with Gasteiger partial charge in [0.1, 0.15) is 0 Å². The molecule has 88 valence electrons. The summed E-state index contributed by atoms with van der Waals surface area (Å²) >= 11 is 3.34. The number of hydrogen-bond donors (Lipinski definition) is 2. The highest BCUT2D eigenvalue weighted by atomic mass is 79.9. The van der Waals surface area contributed by atoms with Crippen LogP contribution in [-0.2, 0) is 16.1 Å². The van der Waals surface area contributed by atoms with Gasteiger partial charge in [-0.2, -0.15) is 0 Å². The molecule has 0 saturated carbocycles. The minimum atomic E-state index is -0.907. The molecule has 0 fully saturated rings. The van der Waals surface area contributed by atoms with E-state index in [9.17, 15) is 4.79 Å². The molecule has 0 aliphatic heterocycles. The fourth-order valence-corrected chi connectivity index (χ4v) is 1.87. The van der Waals surface area contributed by atoms with Crippen LogP contribution in [0.25, 0.3) is 0 Å². The lowest BCUT2D eigenvalue weighted by Gasteiger charge is -2.15. The third-order valence-electron chi connectivity index (χ3n) is 2.20. The van der Waals surface area contributed by atoms with E-state index in [1.54, 1.807) is 7.11 Å². The molecule has 1 atom stereocenters. The molecular formula is C11H14BrNO3. The second kappa shape index (κ2) is 5.98. The van der Waals surface area contributed by atoms with Crippen LogP contribution in [0.5, 0.6) is 0 Å². The molecule has 16 heavy (non-hydrogen) atoms. The average Bonchev–Trinajstić information content (AvgIpc) is 2.20. The molecule has 0 bridgehead atoms. The van der Waals surface area contributed by atoms with E-state index in [4.69, 9.17) is 15.6 Å². The molecule has 0 radical (unpaired) electrons. The summed E-state index contributed by atoms with van der Waals surface area (Å²) in [6.07, 6.45) is -0.0901. The lowest BCUT2D eigenvalue weighted by atomic mass is 9.99. The van der Waals surface area contributed by atoms with Crippen molar-refractivity contribution in [1.29, 1.82) is 0 Å². The number of nitrogens with two attached hydrogens (primary N) is 1. The van der Waals surface area contributed by atoms with Gasteiger partial charge in [-0.15, -0.1) is 0 Å². The van der Waals surface area contributed by atoms with E-state index in [0.717, 1.165) is 15.6 Å². The zero-order chi connectivity index (χ0) is 12.1. The van der Waals surface area contributed by atoms with E-state index in [1.807, 2.05) is 18.2 Å². The van der Waals surface area contributed by atoms with Crippen LogP contribution in [0, 0.1) is 0 Å². The molecule has 5 heteroatoms. The first-order valence-corrected chi connectivity index (χ1v) is 5.58. The maximum Gasteiger partial charge on any atom is 0.305 e. The lowest BCUT2D eigenvalue weighted by molar-refractivity contribution is -0.137. The molecule has 1 aromatic carbocycles. The van der Waals surface area contributed by atoms with Gasteiger partial charge in [0.15, 0.2) is 0 Å². The fraction of sp³-hybridized carbons (Fsp3) is 0.364. The quantitative estimate of drug-likeness (QED) is 0.870. The minimum absolute atomic E-state index is 0.0901. The van der Waals surface area contributed by atoms with Crippen LogP contribution < -0.4 is 5.73 Å². The molecule has 0 amide bonds. The standard InChI is InChI=1S/C11H14BrNO3/c1-16-6-7-2-3-8(12)4-9(7)10(13)5-11(14)15/h2-4,10H,5-6,13H2,1H3,(H,14,15). The Morgan fingerprint density at radius 2 is 2.31 bits per heavy atom. The van der Waals surface area contributed by atoms with Crippen LogP contribution >= 0.6 is 15.9 Å². The number of ether oxygens (including phenoxy) is 1. The largest absolute Gasteiger partial charge is 0.481 e. The summed E-state index contributed by atoms with van der Waals surface area (Å²) in [5, 5.41) is 8.71. The molecule has 0 aliphatic carbocycles. The Balaban J connectivity index is 2.98. The summed E-state index contributed by atoms with van der Waals surface area (Å²) in [5.41, 5.74) is 7.56. The molecule has 1 unspecified atom stereocenters. The number of carboxylic acid groups (broad SMARTS) is 1. The van der Waals surface area contributed by atoms with Gasteiger partial charge in [-0.05, 0) is 23.3 Å². The molecule has 3 N–H and O–H groups in total. The summed E-state index contributed by atoms with van der Waals surface area (Å²) in [7, 11) is 1.59. The van der Waals surface area contributed by atoms with Crippen LogP contribution in [-0.4, -0.2) is 18.2 Å². The van der Waals surface area contributed by atoms with E-state index < -0.39 is 12.0 Å². The second-order valence-electron chi connectivity index (χ2n) is 3.48. The Bertz CT molecular complexity index is 381. The number of halogens is 1. The smallest absolute Gasteiger partial charge is 0.305 e. The number of benzene rings is 1. The second-order valence-corrected chi connectivity index (χ2v) is 4.40. The zero-order valence-electron chi connectivity index (χ0n) is 8.94. The van der Waals surface area contributed by atoms with Crippen molar-refractivity contribution in [3.8, 4) is 0 Å². The SMILES string of the molecule is COCc1ccc(Br)cc1C(N)CC(=O)O. The predicted octanol–water partition coefficient (Wildman–Crippen LogP) is 2.07. The molecule has 0 aliphatic rings. The number of carbonyl (C=O) groups is 1. The van der Waals surface area contributed by atoms with E-state index in [2.05, 4.69) is 15.9 Å². The first kappa shape index (κ1) is 13.2. The van der Waals surface area contributed by atoms with Gasteiger partial charge in [0, 0.05) is 17.6 Å². The highest BCUT2D eigenvalue weighted by Gasteiger charge is 2.14. The van der Waals surface area contributed by atoms with Gasteiger partial charge < -0.3 is 15.6 Å². The average molecular weight is 288 g/mol. The Morgan fingerprint density at radius 3 is 2.88 bits per heavy atom. The van der Waals surface area contributed by atoms with Crippen molar-refractivity contribution in [3.63, 3.8) is 0 Å². The normalized spacial score (nSPS) is 12.4. The molecular weight excluding hydrogens is 274 g/mol. The molecule has 4 nitrogen and oxygen atoms in total. The highest BCUT2D eigenvalue weighted by Crippen LogP contribution is 2.24. The van der Waals surface area contributed by atoms with Crippen molar-refractivity contribution in [2.24, 2.45) is 5.73 Å². The van der Waals surface area contributed by atoms with E-state index in [0.29, 0.717) is 6.61 Å². The molecule has 0 spiro atoms.